The van der Waals surface area contributed by atoms with Gasteiger partial charge in [-0.2, -0.15) is 0 Å². The van der Waals surface area contributed by atoms with Crippen molar-refractivity contribution in [1.29, 1.82) is 0 Å². The maximum Gasteiger partial charge on any atom is 0.269 e. The number of anilines is 1. The second kappa shape index (κ2) is 3.82. The molecule has 0 aliphatic carbocycles. The van der Waals surface area contributed by atoms with Crippen LogP contribution in [0.5, 0.6) is 0 Å². The Morgan fingerprint density at radius 1 is 1.37 bits per heavy atom. The van der Waals surface area contributed by atoms with Crippen molar-refractivity contribution in [3.05, 3.63) is 41.8 Å². The highest BCUT2D eigenvalue weighted by Crippen LogP contribution is 2.32. The van der Waals surface area contributed by atoms with Crippen molar-refractivity contribution in [3.63, 3.8) is 0 Å². The van der Waals surface area contributed by atoms with E-state index in [1.54, 1.807) is 0 Å². The summed E-state index contributed by atoms with van der Waals surface area (Å²) in [6.45, 7) is -0.112. The quantitative estimate of drug-likeness (QED) is 0.807. The third-order valence-corrected chi connectivity index (χ3v) is 4.63. The van der Waals surface area contributed by atoms with Crippen LogP contribution in [0.15, 0.2) is 40.1 Å². The molecule has 1 aliphatic rings. The monoisotopic (exact) mass is 279 g/mol. The highest BCUT2D eigenvalue weighted by atomic mass is 32.2. The van der Waals surface area contributed by atoms with Gasteiger partial charge >= 0.3 is 0 Å². The minimum atomic E-state index is -3.83. The number of sulfonamides is 1. The number of benzene rings is 1. The number of fused-ring (bicyclic) bond motifs is 1. The van der Waals surface area contributed by atoms with Crippen LogP contribution in [-0.4, -0.2) is 23.8 Å². The van der Waals surface area contributed by atoms with E-state index in [1.807, 2.05) is 0 Å². The molecule has 2 heterocycles. The molecule has 0 spiro atoms. The highest BCUT2D eigenvalue weighted by molar-refractivity contribution is 7.90. The summed E-state index contributed by atoms with van der Waals surface area (Å²) in [5.41, 5.74) is 6.51. The molecule has 0 unspecified atom stereocenters. The molecule has 2 aromatic rings. The van der Waals surface area contributed by atoms with E-state index in [2.05, 4.69) is 9.68 Å². The Balaban J connectivity index is 2.08. The van der Waals surface area contributed by atoms with E-state index >= 15 is 0 Å². The molecule has 0 saturated carbocycles. The Morgan fingerprint density at radius 3 is 2.84 bits per heavy atom. The molecule has 7 nitrogen and oxygen atoms in total. The van der Waals surface area contributed by atoms with Crippen molar-refractivity contribution in [2.45, 2.75) is 11.4 Å². The second-order valence-corrected chi connectivity index (χ2v) is 5.94. The maximum absolute atomic E-state index is 12.2. The van der Waals surface area contributed by atoms with Gasteiger partial charge in [-0.1, -0.05) is 5.16 Å². The lowest BCUT2D eigenvalue weighted by atomic mass is 10.2. The largest absolute Gasteiger partial charge is 0.399 e. The summed E-state index contributed by atoms with van der Waals surface area (Å²) in [5, 5.41) is 3.47. The first-order valence-electron chi connectivity index (χ1n) is 5.35. The third kappa shape index (κ3) is 1.68. The topological polar surface area (TPSA) is 106 Å². The summed E-state index contributed by atoms with van der Waals surface area (Å²) in [5.74, 6) is -0.594. The summed E-state index contributed by atoms with van der Waals surface area (Å²) in [7, 11) is -3.83. The summed E-state index contributed by atoms with van der Waals surface area (Å²) in [6, 6.07) is 4.15. The molecule has 19 heavy (non-hydrogen) atoms. The first kappa shape index (κ1) is 11.7. The number of carbonyl (C=O) groups excluding carboxylic acids is 1. The van der Waals surface area contributed by atoms with E-state index in [4.69, 9.17) is 5.73 Å². The lowest BCUT2D eigenvalue weighted by Crippen LogP contribution is -2.29. The van der Waals surface area contributed by atoms with Crippen LogP contribution >= 0.6 is 0 Å². The zero-order valence-corrected chi connectivity index (χ0v) is 10.4. The van der Waals surface area contributed by atoms with E-state index in [0.717, 1.165) is 4.31 Å². The molecule has 1 aromatic carbocycles. The molecule has 3 rings (SSSR count). The molecular weight excluding hydrogens is 270 g/mol. The average molecular weight is 279 g/mol. The van der Waals surface area contributed by atoms with Crippen LogP contribution in [0.25, 0.3) is 0 Å². The number of hydrogen-bond acceptors (Lipinski definition) is 6. The number of amides is 1. The zero-order valence-electron chi connectivity index (χ0n) is 9.61. The summed E-state index contributed by atoms with van der Waals surface area (Å²) in [6.07, 6.45) is 2.65. The van der Waals surface area contributed by atoms with Crippen molar-refractivity contribution in [1.82, 2.24) is 9.46 Å². The minimum absolute atomic E-state index is 0.0249. The standard InChI is InChI=1S/C11H9N3O4S/c12-8-1-2-10-9(3-8)11(15)14(19(10,16)17)5-7-4-13-18-6-7/h1-4,6H,5,12H2. The second-order valence-electron chi connectivity index (χ2n) is 4.11. The number of aromatic nitrogens is 1. The number of nitrogens with two attached hydrogens (primary N) is 1. The number of rotatable bonds is 2. The summed E-state index contributed by atoms with van der Waals surface area (Å²) < 4.78 is 29.9. The van der Waals surface area contributed by atoms with Gasteiger partial charge in [-0.25, -0.2) is 12.7 Å². The number of nitrogen functional groups attached to an aromatic ring is 1. The van der Waals surface area contributed by atoms with Crippen molar-refractivity contribution in [2.24, 2.45) is 0 Å². The molecule has 2 N–H and O–H groups in total. The molecule has 98 valence electrons. The third-order valence-electron chi connectivity index (χ3n) is 2.84. The molecule has 1 aromatic heterocycles. The number of carbonyl (C=O) groups is 1. The minimum Gasteiger partial charge on any atom is -0.399 e. The zero-order chi connectivity index (χ0) is 13.6. The smallest absolute Gasteiger partial charge is 0.269 e. The maximum atomic E-state index is 12.2. The first-order chi connectivity index (χ1) is 9.00. The van der Waals surface area contributed by atoms with Gasteiger partial charge in [0.1, 0.15) is 11.2 Å². The fourth-order valence-corrected chi connectivity index (χ4v) is 3.47. The lowest BCUT2D eigenvalue weighted by molar-refractivity contribution is 0.0865. The Hall–Kier alpha value is -2.35. The summed E-state index contributed by atoms with van der Waals surface area (Å²) >= 11 is 0. The Labute approximate surface area is 108 Å². The Bertz CT molecular complexity index is 752. The van der Waals surface area contributed by atoms with Crippen LogP contribution in [0.3, 0.4) is 0 Å². The fourth-order valence-electron chi connectivity index (χ4n) is 1.93. The van der Waals surface area contributed by atoms with Crippen LogP contribution in [0.4, 0.5) is 5.69 Å². The van der Waals surface area contributed by atoms with Gasteiger partial charge in [0.15, 0.2) is 0 Å². The SMILES string of the molecule is Nc1ccc2c(c1)C(=O)N(Cc1cnoc1)S2(=O)=O. The molecule has 0 fully saturated rings. The van der Waals surface area contributed by atoms with E-state index in [0.29, 0.717) is 11.3 Å². The van der Waals surface area contributed by atoms with Gasteiger partial charge in [-0.3, -0.25) is 4.79 Å². The molecule has 0 radical (unpaired) electrons. The molecule has 8 heteroatoms. The van der Waals surface area contributed by atoms with Gasteiger partial charge in [-0.15, -0.1) is 0 Å². The van der Waals surface area contributed by atoms with E-state index in [-0.39, 0.29) is 17.0 Å². The van der Waals surface area contributed by atoms with E-state index in [9.17, 15) is 13.2 Å². The van der Waals surface area contributed by atoms with Crippen LogP contribution in [0.2, 0.25) is 0 Å². The van der Waals surface area contributed by atoms with Gasteiger partial charge in [0, 0.05) is 11.3 Å². The average Bonchev–Trinajstić information content (AvgIpc) is 2.92. The molecular formula is C11H9N3O4S. The normalized spacial score (nSPS) is 16.6. The summed E-state index contributed by atoms with van der Waals surface area (Å²) in [4.78, 5) is 12.1. The van der Waals surface area contributed by atoms with Crippen molar-refractivity contribution < 1.29 is 17.7 Å². The Morgan fingerprint density at radius 2 is 2.16 bits per heavy atom. The molecule has 0 bridgehead atoms. The van der Waals surface area contributed by atoms with Crippen LogP contribution in [0.1, 0.15) is 15.9 Å². The van der Waals surface area contributed by atoms with Crippen molar-refractivity contribution >= 4 is 21.6 Å². The van der Waals surface area contributed by atoms with Crippen LogP contribution in [-0.2, 0) is 16.6 Å². The predicted molar refractivity (Wildman–Crippen MR) is 64.4 cm³/mol. The highest BCUT2D eigenvalue weighted by Gasteiger charge is 2.41. The van der Waals surface area contributed by atoms with E-state index < -0.39 is 15.9 Å². The molecule has 0 atom stereocenters. The van der Waals surface area contributed by atoms with Crippen molar-refractivity contribution in [3.8, 4) is 0 Å². The van der Waals surface area contributed by atoms with E-state index in [1.165, 1.54) is 30.7 Å². The fraction of sp³-hybridized carbons (Fsp3) is 0.0909. The lowest BCUT2D eigenvalue weighted by Gasteiger charge is -2.12. The number of hydrogen-bond donors (Lipinski definition) is 1. The van der Waals surface area contributed by atoms with Gasteiger partial charge < -0.3 is 10.3 Å². The molecule has 1 amide bonds. The van der Waals surface area contributed by atoms with Crippen LogP contribution in [0, 0.1) is 0 Å². The van der Waals surface area contributed by atoms with Crippen LogP contribution < -0.4 is 5.73 Å². The first-order valence-corrected chi connectivity index (χ1v) is 6.79. The molecule has 0 saturated heterocycles. The predicted octanol–water partition coefficient (Wildman–Crippen LogP) is 0.602. The number of nitrogens with zero attached hydrogens (tertiary/aromatic N) is 2. The Kier molecular flexibility index (Phi) is 2.36. The van der Waals surface area contributed by atoms with Gasteiger partial charge in [-0.05, 0) is 18.2 Å². The van der Waals surface area contributed by atoms with Gasteiger partial charge in [0.25, 0.3) is 15.9 Å². The molecule has 1 aliphatic heterocycles. The van der Waals surface area contributed by atoms with Gasteiger partial charge in [0.2, 0.25) is 0 Å². The van der Waals surface area contributed by atoms with Crippen molar-refractivity contribution in [2.75, 3.05) is 5.73 Å². The van der Waals surface area contributed by atoms with Gasteiger partial charge in [0.05, 0.1) is 18.3 Å².